The molecule has 0 amide bonds. The minimum absolute atomic E-state index is 0.0491. The molecule has 0 bridgehead atoms. The largest absolute Gasteiger partial charge is 0.492 e. The number of nitriles is 1. The maximum absolute atomic E-state index is 12.7. The summed E-state index contributed by atoms with van der Waals surface area (Å²) in [6, 6.07) is 11.0. The zero-order valence-corrected chi connectivity index (χ0v) is 14.8. The van der Waals surface area contributed by atoms with Crippen LogP contribution in [0.2, 0.25) is 0 Å². The number of halogens is 2. The van der Waals surface area contributed by atoms with Crippen molar-refractivity contribution in [3.05, 3.63) is 69.4 Å². The first-order valence-electron chi connectivity index (χ1n) is 8.66. The Bertz CT molecular complexity index is 1160. The molecule has 1 aliphatic carbocycles. The van der Waals surface area contributed by atoms with Crippen molar-refractivity contribution in [2.75, 3.05) is 0 Å². The van der Waals surface area contributed by atoms with Crippen LogP contribution < -0.4 is 15.2 Å². The van der Waals surface area contributed by atoms with E-state index in [0.717, 1.165) is 11.1 Å². The molecule has 4 rings (SSSR count). The second-order valence-electron chi connectivity index (χ2n) is 6.43. The first-order valence-corrected chi connectivity index (χ1v) is 8.66. The van der Waals surface area contributed by atoms with Gasteiger partial charge in [-0.1, -0.05) is 6.07 Å². The van der Waals surface area contributed by atoms with Gasteiger partial charge in [-0.2, -0.15) is 14.0 Å². The predicted molar refractivity (Wildman–Crippen MR) is 95.5 cm³/mol. The molecule has 1 heterocycles. The van der Waals surface area contributed by atoms with E-state index in [-0.39, 0.29) is 34.6 Å². The van der Waals surface area contributed by atoms with Gasteiger partial charge in [0.15, 0.2) is 17.3 Å². The number of aromatic amines is 1. The van der Waals surface area contributed by atoms with E-state index in [0.29, 0.717) is 18.6 Å². The molecule has 3 aromatic rings. The number of aryl methyl sites for hydroxylation is 1. The third kappa shape index (κ3) is 3.65. The molecule has 0 unspecified atom stereocenters. The third-order valence-electron chi connectivity index (χ3n) is 4.68. The number of hydrogen-bond acceptors (Lipinski definition) is 6. The van der Waals surface area contributed by atoms with Gasteiger partial charge >= 0.3 is 12.4 Å². The molecule has 148 valence electrons. The van der Waals surface area contributed by atoms with E-state index in [2.05, 4.69) is 9.72 Å². The Morgan fingerprint density at radius 3 is 2.76 bits per heavy atom. The molecule has 0 spiro atoms. The molecule has 0 aliphatic heterocycles. The predicted octanol–water partition coefficient (Wildman–Crippen LogP) is 4.02. The number of fused-ring (bicyclic) bond motifs is 1. The minimum Gasteiger partial charge on any atom is -0.492 e. The normalized spacial score (nSPS) is 15.2. The van der Waals surface area contributed by atoms with Gasteiger partial charge in [-0.3, -0.25) is 4.98 Å². The Hall–Kier alpha value is -3.80. The van der Waals surface area contributed by atoms with E-state index in [1.165, 1.54) is 18.2 Å². The van der Waals surface area contributed by atoms with Crippen molar-refractivity contribution in [1.82, 2.24) is 4.98 Å². The maximum Gasteiger partial charge on any atom is 0.419 e. The summed E-state index contributed by atoms with van der Waals surface area (Å²) in [5, 5.41) is 18.8. The molecule has 0 fully saturated rings. The number of hydrogen-bond donors (Lipinski definition) is 2. The molecule has 1 aliphatic rings. The van der Waals surface area contributed by atoms with E-state index in [1.54, 1.807) is 18.2 Å². The van der Waals surface area contributed by atoms with Crippen LogP contribution in [-0.2, 0) is 6.42 Å². The smallest absolute Gasteiger partial charge is 0.419 e. The van der Waals surface area contributed by atoms with Gasteiger partial charge < -0.3 is 19.0 Å². The summed E-state index contributed by atoms with van der Waals surface area (Å²) in [6.07, 6.45) is 1.28. The van der Waals surface area contributed by atoms with Crippen LogP contribution in [0.1, 0.15) is 34.8 Å². The molecular formula is C20H14F2N2O5. The lowest BCUT2D eigenvalue weighted by molar-refractivity contribution is -0.0510. The average Bonchev–Trinajstić information content (AvgIpc) is 3.24. The molecule has 9 heteroatoms. The summed E-state index contributed by atoms with van der Waals surface area (Å²) < 4.78 is 40.6. The van der Waals surface area contributed by atoms with E-state index < -0.39 is 12.4 Å². The second kappa shape index (κ2) is 7.31. The standard InChI is InChI=1S/C20H14F2N2O5/c21-19(22)28-16-7-10(9-23)1-6-15(16)27-12-3-5-13-11(8-12)2-4-14(13)17-18(25)24-20(26)29-17/h1,3,5-8,14,19,25H,2,4H2,(H,24,26)/t14-/m1/s1. The van der Waals surface area contributed by atoms with Gasteiger partial charge in [0.2, 0.25) is 5.88 Å². The zero-order valence-electron chi connectivity index (χ0n) is 14.8. The van der Waals surface area contributed by atoms with Gasteiger partial charge in [0.1, 0.15) is 5.75 Å². The van der Waals surface area contributed by atoms with E-state index in [9.17, 15) is 18.7 Å². The van der Waals surface area contributed by atoms with Crippen LogP contribution in [0, 0.1) is 11.3 Å². The van der Waals surface area contributed by atoms with Gasteiger partial charge in [-0.15, -0.1) is 0 Å². The fourth-order valence-corrected chi connectivity index (χ4v) is 3.47. The fraction of sp³-hybridized carbons (Fsp3) is 0.200. The molecule has 29 heavy (non-hydrogen) atoms. The number of benzene rings is 2. The van der Waals surface area contributed by atoms with E-state index in [4.69, 9.17) is 14.4 Å². The van der Waals surface area contributed by atoms with Gasteiger partial charge in [-0.25, -0.2) is 4.79 Å². The van der Waals surface area contributed by atoms with Gasteiger partial charge in [0, 0.05) is 12.0 Å². The minimum atomic E-state index is -3.06. The van der Waals surface area contributed by atoms with E-state index >= 15 is 0 Å². The highest BCUT2D eigenvalue weighted by atomic mass is 19.3. The van der Waals surface area contributed by atoms with Crippen molar-refractivity contribution in [1.29, 1.82) is 5.26 Å². The summed E-state index contributed by atoms with van der Waals surface area (Å²) >= 11 is 0. The van der Waals surface area contributed by atoms with Crippen LogP contribution in [0.3, 0.4) is 0 Å². The van der Waals surface area contributed by atoms with Crippen LogP contribution >= 0.6 is 0 Å². The Morgan fingerprint density at radius 1 is 1.24 bits per heavy atom. The first-order chi connectivity index (χ1) is 13.9. The number of nitrogens with zero attached hydrogens (tertiary/aromatic N) is 1. The average molecular weight is 400 g/mol. The number of rotatable bonds is 5. The van der Waals surface area contributed by atoms with E-state index in [1.807, 2.05) is 6.07 Å². The highest BCUT2D eigenvalue weighted by molar-refractivity contribution is 5.50. The summed E-state index contributed by atoms with van der Waals surface area (Å²) in [5.41, 5.74) is 1.96. The maximum atomic E-state index is 12.7. The Labute approximate surface area is 162 Å². The quantitative estimate of drug-likeness (QED) is 0.670. The van der Waals surface area contributed by atoms with Gasteiger partial charge in [0.25, 0.3) is 0 Å². The first kappa shape index (κ1) is 18.6. The van der Waals surface area contributed by atoms with Crippen molar-refractivity contribution in [3.63, 3.8) is 0 Å². The molecular weight excluding hydrogens is 386 g/mol. The van der Waals surface area contributed by atoms with Crippen molar-refractivity contribution >= 4 is 0 Å². The molecule has 0 saturated heterocycles. The number of oxazole rings is 1. The SMILES string of the molecule is N#Cc1ccc(Oc2ccc3c(c2)CC[C@H]3c2oc(=O)[nH]c2O)c(OC(F)F)c1. The molecule has 0 saturated carbocycles. The van der Waals surface area contributed by atoms with Crippen molar-refractivity contribution in [2.24, 2.45) is 0 Å². The second-order valence-corrected chi connectivity index (χ2v) is 6.43. The summed E-state index contributed by atoms with van der Waals surface area (Å²) in [7, 11) is 0. The number of ether oxygens (including phenoxy) is 2. The van der Waals surface area contributed by atoms with Crippen molar-refractivity contribution in [3.8, 4) is 29.2 Å². The fourth-order valence-electron chi connectivity index (χ4n) is 3.47. The molecule has 1 atom stereocenters. The Balaban J connectivity index is 1.62. The van der Waals surface area contributed by atoms with Crippen LogP contribution in [-0.4, -0.2) is 16.7 Å². The highest BCUT2D eigenvalue weighted by Gasteiger charge is 2.30. The molecule has 2 aromatic carbocycles. The zero-order chi connectivity index (χ0) is 20.5. The topological polar surface area (TPSA) is 108 Å². The summed E-state index contributed by atoms with van der Waals surface area (Å²) in [6.45, 7) is -3.06. The molecule has 1 aromatic heterocycles. The number of nitrogens with one attached hydrogen (secondary N) is 1. The lowest BCUT2D eigenvalue weighted by Gasteiger charge is -2.13. The number of aromatic nitrogens is 1. The Morgan fingerprint density at radius 2 is 2.07 bits per heavy atom. The van der Waals surface area contributed by atoms with Crippen LogP contribution in [0.15, 0.2) is 45.6 Å². The summed E-state index contributed by atoms with van der Waals surface area (Å²) in [5.74, 6) is -0.900. The van der Waals surface area contributed by atoms with Gasteiger partial charge in [0.05, 0.1) is 11.6 Å². The van der Waals surface area contributed by atoms with Crippen LogP contribution in [0.25, 0.3) is 0 Å². The van der Waals surface area contributed by atoms with Crippen LogP contribution in [0.4, 0.5) is 8.78 Å². The van der Waals surface area contributed by atoms with Crippen LogP contribution in [0.5, 0.6) is 23.1 Å². The number of H-pyrrole nitrogens is 1. The summed E-state index contributed by atoms with van der Waals surface area (Å²) in [4.78, 5) is 13.5. The number of aromatic hydroxyl groups is 1. The molecule has 2 N–H and O–H groups in total. The monoisotopic (exact) mass is 400 g/mol. The van der Waals surface area contributed by atoms with Crippen molar-refractivity contribution < 1.29 is 27.8 Å². The van der Waals surface area contributed by atoms with Gasteiger partial charge in [-0.05, 0) is 48.2 Å². The van der Waals surface area contributed by atoms with Crippen molar-refractivity contribution in [2.45, 2.75) is 25.4 Å². The molecule has 7 nitrogen and oxygen atoms in total. The lowest BCUT2D eigenvalue weighted by atomic mass is 9.99. The third-order valence-corrected chi connectivity index (χ3v) is 4.68. The highest BCUT2D eigenvalue weighted by Crippen LogP contribution is 2.42. The lowest BCUT2D eigenvalue weighted by Crippen LogP contribution is -2.03. The number of alkyl halides is 2. The Kier molecular flexibility index (Phi) is 4.68. The molecule has 0 radical (unpaired) electrons.